The maximum Gasteiger partial charge on any atom is 0.416 e. The van der Waals surface area contributed by atoms with Gasteiger partial charge in [-0.05, 0) is 77.3 Å². The Morgan fingerprint density at radius 3 is 1.75 bits per heavy atom. The number of hydrogen-bond donors (Lipinski definition) is 3. The molecule has 0 aliphatic heterocycles. The number of amides is 3. The lowest BCUT2D eigenvalue weighted by atomic mass is 9.78. The fourth-order valence-electron chi connectivity index (χ4n) is 5.64. The van der Waals surface area contributed by atoms with Gasteiger partial charge >= 0.3 is 12.1 Å². The molecule has 0 bridgehead atoms. The number of benzene rings is 4. The van der Waals surface area contributed by atoms with E-state index >= 15 is 0 Å². The number of nitrogens with one attached hydrogen (secondary N) is 3. The van der Waals surface area contributed by atoms with Crippen LogP contribution in [0.25, 0.3) is 11.1 Å². The van der Waals surface area contributed by atoms with Gasteiger partial charge in [0.1, 0.15) is 6.61 Å². The van der Waals surface area contributed by atoms with E-state index in [-0.39, 0.29) is 12.0 Å². The molecule has 0 aliphatic carbocycles. The van der Waals surface area contributed by atoms with E-state index in [0.717, 1.165) is 12.1 Å². The number of carbonyl (C=O) groups is 4. The topological polar surface area (TPSA) is 114 Å². The SMILES string of the molecule is CC(C)CCNC(=O)C(COC(=O)Cc1ccc(NC(=O)c2ccccc2-c2ccc(C(F)(F)F)cc2)cc1)(C(=O)NCCC(C)C)c1ccccc1. The highest BCUT2D eigenvalue weighted by atomic mass is 19.4. The van der Waals surface area contributed by atoms with Crippen LogP contribution in [-0.4, -0.2) is 43.4 Å². The van der Waals surface area contributed by atoms with Crippen LogP contribution in [0, 0.1) is 11.8 Å². The average Bonchev–Trinajstić information content (AvgIpc) is 3.12. The Morgan fingerprint density at radius 2 is 1.21 bits per heavy atom. The molecule has 8 nitrogen and oxygen atoms in total. The van der Waals surface area contributed by atoms with Gasteiger partial charge in [0, 0.05) is 24.3 Å². The zero-order valence-corrected chi connectivity index (χ0v) is 30.4. The molecule has 0 atom stereocenters. The number of halogens is 3. The molecule has 4 aromatic rings. The highest BCUT2D eigenvalue weighted by Crippen LogP contribution is 2.32. The van der Waals surface area contributed by atoms with Gasteiger partial charge in [-0.1, -0.05) is 100 Å². The summed E-state index contributed by atoms with van der Waals surface area (Å²) >= 11 is 0. The molecule has 0 saturated heterocycles. The van der Waals surface area contributed by atoms with Gasteiger partial charge in [0.05, 0.1) is 12.0 Å². The highest BCUT2D eigenvalue weighted by Gasteiger charge is 2.49. The van der Waals surface area contributed by atoms with Crippen LogP contribution in [0.5, 0.6) is 0 Å². The van der Waals surface area contributed by atoms with Crippen molar-refractivity contribution in [3.63, 3.8) is 0 Å². The van der Waals surface area contributed by atoms with E-state index in [9.17, 15) is 32.3 Å². The van der Waals surface area contributed by atoms with Crippen LogP contribution in [0.2, 0.25) is 0 Å². The van der Waals surface area contributed by atoms with Crippen molar-refractivity contribution in [2.45, 2.75) is 58.5 Å². The first-order chi connectivity index (χ1) is 25.2. The van der Waals surface area contributed by atoms with E-state index in [1.54, 1.807) is 78.9 Å². The molecule has 0 fully saturated rings. The van der Waals surface area contributed by atoms with Crippen molar-refractivity contribution in [1.82, 2.24) is 10.6 Å². The van der Waals surface area contributed by atoms with Crippen LogP contribution in [0.3, 0.4) is 0 Å². The first-order valence-electron chi connectivity index (χ1n) is 17.7. The second kappa shape index (κ2) is 18.3. The summed E-state index contributed by atoms with van der Waals surface area (Å²) in [6, 6.07) is 26.3. The molecule has 0 unspecified atom stereocenters. The molecule has 0 aromatic heterocycles. The average molecular weight is 730 g/mol. The first kappa shape index (κ1) is 40.3. The minimum Gasteiger partial charge on any atom is -0.463 e. The maximum atomic E-state index is 13.9. The summed E-state index contributed by atoms with van der Waals surface area (Å²) in [7, 11) is 0. The lowest BCUT2D eigenvalue weighted by Gasteiger charge is -2.31. The van der Waals surface area contributed by atoms with E-state index < -0.39 is 47.5 Å². The quantitative estimate of drug-likeness (QED) is 0.0800. The van der Waals surface area contributed by atoms with Crippen molar-refractivity contribution >= 4 is 29.4 Å². The lowest BCUT2D eigenvalue weighted by Crippen LogP contribution is -2.58. The molecular weight excluding hydrogens is 683 g/mol. The molecule has 4 aromatic carbocycles. The Kier molecular flexibility index (Phi) is 14.0. The van der Waals surface area contributed by atoms with Crippen LogP contribution in [0.15, 0.2) is 103 Å². The molecule has 0 aliphatic rings. The largest absolute Gasteiger partial charge is 0.463 e. The van der Waals surface area contributed by atoms with E-state index in [4.69, 9.17) is 4.74 Å². The number of esters is 1. The van der Waals surface area contributed by atoms with Crippen molar-refractivity contribution in [3.8, 4) is 11.1 Å². The van der Waals surface area contributed by atoms with Crippen molar-refractivity contribution in [1.29, 1.82) is 0 Å². The number of rotatable bonds is 16. The van der Waals surface area contributed by atoms with Gasteiger partial charge < -0.3 is 20.7 Å². The summed E-state index contributed by atoms with van der Waals surface area (Å²) in [6.07, 6.45) is -3.24. The molecule has 53 heavy (non-hydrogen) atoms. The number of ether oxygens (including phenoxy) is 1. The molecule has 11 heteroatoms. The Morgan fingerprint density at radius 1 is 0.660 bits per heavy atom. The molecular formula is C42H46F3N3O5. The van der Waals surface area contributed by atoms with Crippen molar-refractivity contribution in [2.75, 3.05) is 25.0 Å². The molecule has 4 rings (SSSR count). The standard InChI is InChI=1S/C42H46F3N3O5/c1-28(2)22-24-46-39(51)41(32-10-6-5-7-11-32,40(52)47-25-23-29(3)4)27-53-37(49)26-30-14-20-34(21-15-30)48-38(50)36-13-9-8-12-35(36)31-16-18-33(19-17-31)42(43,44)45/h5-21,28-29H,22-27H2,1-4H3,(H,46,51)(H,47,52)(H,48,50). The van der Waals surface area contributed by atoms with Crippen LogP contribution in [0.1, 0.15) is 67.6 Å². The number of carbonyl (C=O) groups excluding carboxylic acids is 4. The minimum atomic E-state index is -4.47. The molecule has 280 valence electrons. The smallest absolute Gasteiger partial charge is 0.416 e. The molecule has 3 amide bonds. The van der Waals surface area contributed by atoms with Gasteiger partial charge in [0.2, 0.25) is 11.8 Å². The Balaban J connectivity index is 1.47. The van der Waals surface area contributed by atoms with Crippen LogP contribution < -0.4 is 16.0 Å². The van der Waals surface area contributed by atoms with E-state index in [0.29, 0.717) is 65.7 Å². The Hall–Kier alpha value is -5.45. The third kappa shape index (κ3) is 11.0. The zero-order chi connectivity index (χ0) is 38.6. The summed E-state index contributed by atoms with van der Waals surface area (Å²) in [4.78, 5) is 54.3. The third-order valence-corrected chi connectivity index (χ3v) is 8.76. The van der Waals surface area contributed by atoms with Crippen molar-refractivity contribution < 1.29 is 37.1 Å². The monoisotopic (exact) mass is 729 g/mol. The minimum absolute atomic E-state index is 0.167. The fourth-order valence-corrected chi connectivity index (χ4v) is 5.64. The van der Waals surface area contributed by atoms with Crippen LogP contribution in [-0.2, 0) is 37.1 Å². The molecule has 0 radical (unpaired) electrons. The second-order valence-electron chi connectivity index (χ2n) is 13.8. The van der Waals surface area contributed by atoms with Gasteiger partial charge in [0.25, 0.3) is 5.91 Å². The Labute approximate surface area is 308 Å². The van der Waals surface area contributed by atoms with E-state index in [1.807, 2.05) is 27.7 Å². The van der Waals surface area contributed by atoms with Crippen LogP contribution in [0.4, 0.5) is 18.9 Å². The predicted molar refractivity (Wildman–Crippen MR) is 199 cm³/mol. The van der Waals surface area contributed by atoms with Gasteiger partial charge in [-0.2, -0.15) is 13.2 Å². The highest BCUT2D eigenvalue weighted by molar-refractivity contribution is 6.11. The number of alkyl halides is 3. The van der Waals surface area contributed by atoms with Gasteiger partial charge in [-0.3, -0.25) is 19.2 Å². The number of hydrogen-bond acceptors (Lipinski definition) is 5. The third-order valence-electron chi connectivity index (χ3n) is 8.76. The maximum absolute atomic E-state index is 13.9. The summed E-state index contributed by atoms with van der Waals surface area (Å²) in [6.45, 7) is 8.31. The van der Waals surface area contributed by atoms with Crippen LogP contribution >= 0.6 is 0 Å². The van der Waals surface area contributed by atoms with Gasteiger partial charge in [-0.15, -0.1) is 0 Å². The Bertz CT molecular complexity index is 1810. The summed E-state index contributed by atoms with van der Waals surface area (Å²) in [5, 5.41) is 8.58. The second-order valence-corrected chi connectivity index (χ2v) is 13.8. The molecule has 3 N–H and O–H groups in total. The van der Waals surface area contributed by atoms with Gasteiger partial charge in [0.15, 0.2) is 5.41 Å². The molecule has 0 heterocycles. The van der Waals surface area contributed by atoms with Crippen molar-refractivity contribution in [2.24, 2.45) is 11.8 Å². The molecule has 0 saturated carbocycles. The summed E-state index contributed by atoms with van der Waals surface area (Å²) in [5.41, 5.74) is -0.0370. The number of anilines is 1. The fraction of sp³-hybridized carbons (Fsp3) is 0.333. The summed E-state index contributed by atoms with van der Waals surface area (Å²) in [5.74, 6) is -1.59. The van der Waals surface area contributed by atoms with E-state index in [1.165, 1.54) is 12.1 Å². The lowest BCUT2D eigenvalue weighted by molar-refractivity contribution is -0.150. The summed E-state index contributed by atoms with van der Waals surface area (Å²) < 4.78 is 44.9. The van der Waals surface area contributed by atoms with E-state index in [2.05, 4.69) is 16.0 Å². The zero-order valence-electron chi connectivity index (χ0n) is 30.4. The molecule has 0 spiro atoms. The predicted octanol–water partition coefficient (Wildman–Crippen LogP) is 7.97. The van der Waals surface area contributed by atoms with Crippen molar-refractivity contribution in [3.05, 3.63) is 125 Å². The first-order valence-corrected chi connectivity index (χ1v) is 17.7. The normalized spacial score (nSPS) is 11.6. The van der Waals surface area contributed by atoms with Gasteiger partial charge in [-0.25, -0.2) is 0 Å².